The molecule has 0 aromatic heterocycles. The van der Waals surface area contributed by atoms with Crippen LogP contribution in [0.2, 0.25) is 0 Å². The first-order chi connectivity index (χ1) is 27.3. The Morgan fingerprint density at radius 2 is 0.966 bits per heavy atom. The average Bonchev–Trinajstić information content (AvgIpc) is 3.14. The number of hydrogen-bond acceptors (Lipinski definition) is 19. The van der Waals surface area contributed by atoms with Crippen LogP contribution in [0.5, 0.6) is 0 Å². The normalized spacial score (nSPS) is 43.3. The molecule has 0 aromatic carbocycles. The Kier molecular flexibility index (Phi) is 17.5. The van der Waals surface area contributed by atoms with Gasteiger partial charge < -0.3 is 94.3 Å². The number of ether oxygens (including phenoxy) is 9. The number of hydrogen-bond donors (Lipinski definition) is 10. The molecular weight excluding hydrogens is 782 g/mol. The lowest BCUT2D eigenvalue weighted by Crippen LogP contribution is -2.71. The zero-order valence-electron chi connectivity index (χ0n) is 33.3. The maximum Gasteiger partial charge on any atom is 0.335 e. The molecule has 3 amide bonds. The standard InChI is InChI=1S/C35H59N3O20/c1-8-9-50-10-11-51-32-19(37-16(6)40)27(22(43)13(3)52-32)55-34-20(38-17(7)41)28(23(44)14(4)54-34)56-35-30(26(47)25(46)29(57-35)31(48)49)58-33-18(36-15(5)39)24(45)21(42)12(2)53-33/h12-14,18-30,32-35,42-47H,8-11H2,1-7H3,(H,36,39)(H,37,40)(H,38,41)(H,48,49)/t12?,13?,14?,18?,19?,20?,21-,22+,23-,24-,25+,26+,27-,28-,29?,30?,32-,33+,34+,35-/m1/s1. The number of aliphatic hydroxyl groups is 6. The first-order valence-electron chi connectivity index (χ1n) is 19.2. The van der Waals surface area contributed by atoms with E-state index in [0.717, 1.165) is 20.3 Å². The second kappa shape index (κ2) is 21.2. The summed E-state index contributed by atoms with van der Waals surface area (Å²) >= 11 is 0. The lowest BCUT2D eigenvalue weighted by atomic mass is 9.94. The van der Waals surface area contributed by atoms with E-state index < -0.39 is 146 Å². The summed E-state index contributed by atoms with van der Waals surface area (Å²) in [5.41, 5.74) is 0. The van der Waals surface area contributed by atoms with Crippen molar-refractivity contribution in [2.75, 3.05) is 19.8 Å². The first-order valence-corrected chi connectivity index (χ1v) is 19.2. The predicted octanol–water partition coefficient (Wildman–Crippen LogP) is -4.69. The molecule has 334 valence electrons. The molecule has 0 bridgehead atoms. The number of nitrogens with one attached hydrogen (secondary N) is 3. The molecule has 10 N–H and O–H groups in total. The highest BCUT2D eigenvalue weighted by atomic mass is 16.8. The molecule has 0 radical (unpaired) electrons. The van der Waals surface area contributed by atoms with Crippen LogP contribution in [0.15, 0.2) is 0 Å². The van der Waals surface area contributed by atoms with E-state index in [1.54, 1.807) is 0 Å². The highest BCUT2D eigenvalue weighted by Gasteiger charge is 2.56. The van der Waals surface area contributed by atoms with E-state index in [1.807, 2.05) is 6.92 Å². The fraction of sp³-hybridized carbons (Fsp3) is 0.886. The van der Waals surface area contributed by atoms with Crippen molar-refractivity contribution in [1.82, 2.24) is 16.0 Å². The minimum Gasteiger partial charge on any atom is -0.479 e. The van der Waals surface area contributed by atoms with Gasteiger partial charge in [0.1, 0.15) is 73.1 Å². The van der Waals surface area contributed by atoms with Crippen LogP contribution in [0.4, 0.5) is 0 Å². The van der Waals surface area contributed by atoms with Crippen molar-refractivity contribution in [3.05, 3.63) is 0 Å². The molecule has 4 aliphatic rings. The Balaban J connectivity index is 1.69. The van der Waals surface area contributed by atoms with Crippen LogP contribution in [-0.2, 0) is 61.8 Å². The van der Waals surface area contributed by atoms with Crippen LogP contribution in [0.1, 0.15) is 54.9 Å². The molecule has 0 aliphatic carbocycles. The van der Waals surface area contributed by atoms with E-state index in [1.165, 1.54) is 27.7 Å². The van der Waals surface area contributed by atoms with Crippen molar-refractivity contribution in [1.29, 1.82) is 0 Å². The lowest BCUT2D eigenvalue weighted by molar-refractivity contribution is -0.372. The van der Waals surface area contributed by atoms with Crippen molar-refractivity contribution in [2.45, 2.75) is 178 Å². The van der Waals surface area contributed by atoms with E-state index in [-0.39, 0.29) is 13.2 Å². The summed E-state index contributed by atoms with van der Waals surface area (Å²) < 4.78 is 53.1. The fourth-order valence-corrected chi connectivity index (χ4v) is 7.14. The molecule has 4 aliphatic heterocycles. The monoisotopic (exact) mass is 841 g/mol. The third-order valence-corrected chi connectivity index (χ3v) is 10.1. The van der Waals surface area contributed by atoms with Gasteiger partial charge in [0.2, 0.25) is 17.7 Å². The highest BCUT2D eigenvalue weighted by Crippen LogP contribution is 2.35. The molecule has 0 spiro atoms. The van der Waals surface area contributed by atoms with Crippen LogP contribution in [0, 0.1) is 0 Å². The number of carbonyl (C=O) groups is 4. The van der Waals surface area contributed by atoms with Crippen LogP contribution >= 0.6 is 0 Å². The van der Waals surface area contributed by atoms with Gasteiger partial charge in [-0.2, -0.15) is 0 Å². The average molecular weight is 842 g/mol. The van der Waals surface area contributed by atoms with Crippen LogP contribution in [0.25, 0.3) is 0 Å². The van der Waals surface area contributed by atoms with Crippen molar-refractivity contribution >= 4 is 23.7 Å². The summed E-state index contributed by atoms with van der Waals surface area (Å²) in [6.45, 7) is 10.4. The first kappa shape index (κ1) is 48.0. The van der Waals surface area contributed by atoms with E-state index in [2.05, 4.69) is 16.0 Å². The molecule has 4 fully saturated rings. The second-order valence-corrected chi connectivity index (χ2v) is 14.8. The van der Waals surface area contributed by atoms with E-state index >= 15 is 0 Å². The number of carbonyl (C=O) groups excluding carboxylic acids is 3. The largest absolute Gasteiger partial charge is 0.479 e. The van der Waals surface area contributed by atoms with Gasteiger partial charge in [0, 0.05) is 27.4 Å². The molecule has 0 aromatic rings. The quantitative estimate of drug-likeness (QED) is 0.0653. The summed E-state index contributed by atoms with van der Waals surface area (Å²) in [6.07, 6.45) is -26.5. The van der Waals surface area contributed by atoms with Crippen LogP contribution in [0.3, 0.4) is 0 Å². The molecule has 4 saturated heterocycles. The van der Waals surface area contributed by atoms with Gasteiger partial charge in [-0.15, -0.1) is 0 Å². The minimum absolute atomic E-state index is 0.0439. The van der Waals surface area contributed by atoms with Crippen LogP contribution in [-0.4, -0.2) is 202 Å². The molecule has 4 heterocycles. The SMILES string of the molecule is CCCOCCO[C@@H]1OC(C)[C@H](O)[C@H](O[C@@H]2OC(C)[C@@H](O)[C@H](O[C@@H]3OC(C(=O)O)[C@@H](O)[C@H](O)C3O[C@@H]3OC(C)[C@@H](O)[C@H](O)C3NC(C)=O)C2NC(C)=O)C1NC(C)=O. The van der Waals surface area contributed by atoms with Crippen LogP contribution < -0.4 is 16.0 Å². The van der Waals surface area contributed by atoms with E-state index in [9.17, 15) is 54.9 Å². The number of aliphatic carboxylic acids is 1. The van der Waals surface area contributed by atoms with Gasteiger partial charge >= 0.3 is 5.97 Å². The molecule has 58 heavy (non-hydrogen) atoms. The van der Waals surface area contributed by atoms with Gasteiger partial charge in [-0.3, -0.25) is 14.4 Å². The van der Waals surface area contributed by atoms with Gasteiger partial charge in [-0.25, -0.2) is 4.79 Å². The van der Waals surface area contributed by atoms with Gasteiger partial charge in [-0.1, -0.05) is 6.92 Å². The zero-order valence-corrected chi connectivity index (χ0v) is 33.3. The summed E-state index contributed by atoms with van der Waals surface area (Å²) in [5.74, 6) is -3.64. The summed E-state index contributed by atoms with van der Waals surface area (Å²) in [6, 6.07) is -4.15. The summed E-state index contributed by atoms with van der Waals surface area (Å²) in [4.78, 5) is 49.4. The summed E-state index contributed by atoms with van der Waals surface area (Å²) in [7, 11) is 0. The second-order valence-electron chi connectivity index (χ2n) is 14.8. The maximum absolute atomic E-state index is 12.7. The third-order valence-electron chi connectivity index (χ3n) is 10.1. The van der Waals surface area contributed by atoms with Gasteiger partial charge in [0.25, 0.3) is 0 Å². The molecule has 8 unspecified atom stereocenters. The smallest absolute Gasteiger partial charge is 0.335 e. The Bertz CT molecular complexity index is 1380. The third kappa shape index (κ3) is 11.6. The highest BCUT2D eigenvalue weighted by molar-refractivity contribution is 5.74. The molecule has 23 heteroatoms. The van der Waals surface area contributed by atoms with Gasteiger partial charge in [-0.05, 0) is 27.2 Å². The number of amides is 3. The minimum atomic E-state index is -2.14. The van der Waals surface area contributed by atoms with Crippen molar-refractivity contribution in [3.8, 4) is 0 Å². The molecule has 20 atom stereocenters. The number of carboxylic acid groups (broad SMARTS) is 1. The van der Waals surface area contributed by atoms with Crippen molar-refractivity contribution in [3.63, 3.8) is 0 Å². The van der Waals surface area contributed by atoms with E-state index in [4.69, 9.17) is 42.6 Å². The molecule has 0 saturated carbocycles. The topological polar surface area (TPSA) is 329 Å². The number of carboxylic acids is 1. The molecular formula is C35H59N3O20. The van der Waals surface area contributed by atoms with E-state index in [0.29, 0.717) is 6.61 Å². The van der Waals surface area contributed by atoms with Crippen molar-refractivity contribution in [2.24, 2.45) is 0 Å². The zero-order chi connectivity index (χ0) is 43.2. The Labute approximate surface area is 334 Å². The van der Waals surface area contributed by atoms with Crippen molar-refractivity contribution < 1.29 is 97.6 Å². The Morgan fingerprint density at radius 3 is 1.48 bits per heavy atom. The fourth-order valence-electron chi connectivity index (χ4n) is 7.14. The Hall–Kier alpha value is -2.72. The lowest BCUT2D eigenvalue weighted by Gasteiger charge is -2.50. The molecule has 23 nitrogen and oxygen atoms in total. The number of rotatable bonds is 16. The van der Waals surface area contributed by atoms with Gasteiger partial charge in [0.05, 0.1) is 31.5 Å². The number of aliphatic hydroxyl groups excluding tert-OH is 6. The van der Waals surface area contributed by atoms with Gasteiger partial charge in [0.15, 0.2) is 31.3 Å². The maximum atomic E-state index is 12.7. The Morgan fingerprint density at radius 1 is 0.517 bits per heavy atom. The summed E-state index contributed by atoms with van der Waals surface area (Å²) in [5, 5.41) is 83.7. The predicted molar refractivity (Wildman–Crippen MR) is 190 cm³/mol. The molecule has 4 rings (SSSR count).